The summed E-state index contributed by atoms with van der Waals surface area (Å²) in [6.45, 7) is 4.87. The van der Waals surface area contributed by atoms with E-state index < -0.39 is 0 Å². The van der Waals surface area contributed by atoms with Crippen molar-refractivity contribution in [2.45, 2.75) is 57.9 Å². The lowest BCUT2D eigenvalue weighted by molar-refractivity contribution is 0.0597. The van der Waals surface area contributed by atoms with Gasteiger partial charge in [-0.3, -0.25) is 4.79 Å². The van der Waals surface area contributed by atoms with Crippen molar-refractivity contribution in [1.29, 1.82) is 0 Å². The fraction of sp³-hybridized carbons (Fsp3) is 0.357. The van der Waals surface area contributed by atoms with Crippen LogP contribution in [0, 0.1) is 0 Å². The fourth-order valence-electron chi connectivity index (χ4n) is 4.79. The number of rotatable bonds is 7. The maximum absolute atomic E-state index is 13.7. The van der Waals surface area contributed by atoms with Crippen LogP contribution in [0.15, 0.2) is 71.4 Å². The highest BCUT2D eigenvalue weighted by Gasteiger charge is 2.34. The Morgan fingerprint density at radius 3 is 2.54 bits per heavy atom. The van der Waals surface area contributed by atoms with E-state index in [1.54, 1.807) is 12.4 Å². The average Bonchev–Trinajstić information content (AvgIpc) is 3.59. The van der Waals surface area contributed by atoms with E-state index in [-0.39, 0.29) is 17.9 Å². The Bertz CT molecular complexity index is 1270. The fourth-order valence-corrected chi connectivity index (χ4v) is 4.79. The number of oxazole rings is 1. The quantitative estimate of drug-likeness (QED) is 0.348. The third-order valence-corrected chi connectivity index (χ3v) is 6.78. The van der Waals surface area contributed by atoms with Crippen LogP contribution in [0.1, 0.15) is 67.4 Å². The summed E-state index contributed by atoms with van der Waals surface area (Å²) in [5.74, 6) is 1.64. The van der Waals surface area contributed by atoms with E-state index in [0.29, 0.717) is 17.8 Å². The van der Waals surface area contributed by atoms with Gasteiger partial charge in [0.2, 0.25) is 0 Å². The van der Waals surface area contributed by atoms with Gasteiger partial charge < -0.3 is 9.32 Å². The highest BCUT2D eigenvalue weighted by molar-refractivity contribution is 5.98. The zero-order valence-corrected chi connectivity index (χ0v) is 20.3. The first-order valence-corrected chi connectivity index (χ1v) is 12.5. The number of aryl methyl sites for hydroxylation is 1. The van der Waals surface area contributed by atoms with Gasteiger partial charge in [-0.15, -0.1) is 0 Å². The third-order valence-electron chi connectivity index (χ3n) is 6.78. The summed E-state index contributed by atoms with van der Waals surface area (Å²) in [5, 5.41) is 8.46. The third kappa shape index (κ3) is 4.76. The van der Waals surface area contributed by atoms with Crippen LogP contribution in [-0.4, -0.2) is 43.4 Å². The summed E-state index contributed by atoms with van der Waals surface area (Å²) in [6.07, 6.45) is 8.12. The molecule has 0 aliphatic carbocycles. The Balaban J connectivity index is 1.43. The zero-order chi connectivity index (χ0) is 24.2. The van der Waals surface area contributed by atoms with Crippen molar-refractivity contribution in [2.24, 2.45) is 0 Å². The van der Waals surface area contributed by atoms with Gasteiger partial charge >= 0.3 is 0 Å². The molecule has 0 unspecified atom stereocenters. The number of hydrogen-bond donors (Lipinski definition) is 0. The highest BCUT2D eigenvalue weighted by Crippen LogP contribution is 2.35. The molecule has 0 bridgehead atoms. The molecule has 3 heterocycles. The second-order valence-corrected chi connectivity index (χ2v) is 9.21. The number of carbonyl (C=O) groups is 1. The number of amides is 1. The minimum Gasteiger partial charge on any atom is -0.440 e. The van der Waals surface area contributed by atoms with Crippen LogP contribution in [0.4, 0.5) is 0 Å². The van der Waals surface area contributed by atoms with Gasteiger partial charge in [0.1, 0.15) is 0 Å². The van der Waals surface area contributed by atoms with Gasteiger partial charge in [0.05, 0.1) is 35.3 Å². The molecule has 0 radical (unpaired) electrons. The molecule has 5 rings (SSSR count). The monoisotopic (exact) mass is 469 g/mol. The van der Waals surface area contributed by atoms with Gasteiger partial charge in [-0.1, -0.05) is 55.8 Å². The first-order valence-electron chi connectivity index (χ1n) is 12.5. The van der Waals surface area contributed by atoms with E-state index in [2.05, 4.69) is 36.2 Å². The number of benzene rings is 2. The summed E-state index contributed by atoms with van der Waals surface area (Å²) in [7, 11) is 0. The number of hydrogen-bond acceptors (Lipinski definition) is 5. The van der Waals surface area contributed by atoms with Gasteiger partial charge in [-0.25, -0.2) is 4.98 Å². The van der Waals surface area contributed by atoms with Gasteiger partial charge in [-0.05, 0) is 44.7 Å². The molecule has 4 aromatic rings. The van der Waals surface area contributed by atoms with Crippen molar-refractivity contribution in [3.63, 3.8) is 0 Å². The number of nitrogens with zero attached hydrogens (tertiary/aromatic N) is 5. The molecule has 1 amide bonds. The van der Waals surface area contributed by atoms with Crippen molar-refractivity contribution in [1.82, 2.24) is 24.9 Å². The first-order chi connectivity index (χ1) is 17.2. The topological polar surface area (TPSA) is 77.1 Å². The molecule has 35 heavy (non-hydrogen) atoms. The largest absolute Gasteiger partial charge is 0.440 e. The van der Waals surface area contributed by atoms with Crippen LogP contribution in [0.3, 0.4) is 0 Å². The van der Waals surface area contributed by atoms with E-state index in [1.807, 2.05) is 47.4 Å². The van der Waals surface area contributed by atoms with Crippen LogP contribution in [0.5, 0.6) is 0 Å². The molecule has 1 aliphatic rings. The SMILES string of the molecule is CCCCc1nc([C@@H]2CC[C@@H](C)N(C(=O)c3ccccc3-n3nccn3)C2)oc1-c1ccccc1. The smallest absolute Gasteiger partial charge is 0.256 e. The number of aromatic nitrogens is 4. The lowest BCUT2D eigenvalue weighted by Gasteiger charge is -2.37. The Hall–Kier alpha value is -3.74. The second kappa shape index (κ2) is 10.3. The first kappa shape index (κ1) is 23.0. The summed E-state index contributed by atoms with van der Waals surface area (Å²) < 4.78 is 6.42. The minimum absolute atomic E-state index is 0.0175. The molecular formula is C28H31N5O2. The van der Waals surface area contributed by atoms with Crippen molar-refractivity contribution >= 4 is 5.91 Å². The lowest BCUT2D eigenvalue weighted by Crippen LogP contribution is -2.45. The van der Waals surface area contributed by atoms with Crippen molar-refractivity contribution in [2.75, 3.05) is 6.54 Å². The van der Waals surface area contributed by atoms with Crippen LogP contribution >= 0.6 is 0 Å². The minimum atomic E-state index is -0.0175. The summed E-state index contributed by atoms with van der Waals surface area (Å²) >= 11 is 0. The van der Waals surface area contributed by atoms with Crippen LogP contribution in [0.2, 0.25) is 0 Å². The Kier molecular flexibility index (Phi) is 6.75. The predicted octanol–water partition coefficient (Wildman–Crippen LogP) is 5.67. The summed E-state index contributed by atoms with van der Waals surface area (Å²) in [5.41, 5.74) is 3.34. The molecule has 7 heteroatoms. The molecule has 7 nitrogen and oxygen atoms in total. The predicted molar refractivity (Wildman–Crippen MR) is 134 cm³/mol. The Labute approximate surface area is 205 Å². The standard InChI is InChI=1S/C28H31N5O2/c1-3-4-13-24-26(21-10-6-5-7-11-21)35-27(31-24)22-16-15-20(2)32(19-22)28(34)23-12-8-9-14-25(23)33-29-17-18-30-33/h5-12,14,17-18,20,22H,3-4,13,15-16,19H2,1-2H3/t20-,22-/m1/s1. The van der Waals surface area contributed by atoms with E-state index in [4.69, 9.17) is 9.40 Å². The summed E-state index contributed by atoms with van der Waals surface area (Å²) in [6, 6.07) is 17.8. The molecule has 180 valence electrons. The van der Waals surface area contributed by atoms with Gasteiger partial charge in [0, 0.05) is 18.2 Å². The van der Waals surface area contributed by atoms with E-state index in [9.17, 15) is 4.79 Å². The normalized spacial score (nSPS) is 18.1. The maximum atomic E-state index is 13.7. The number of likely N-dealkylation sites (tertiary alicyclic amines) is 1. The number of carbonyl (C=O) groups excluding carboxylic acids is 1. The van der Waals surface area contributed by atoms with Gasteiger partial charge in [-0.2, -0.15) is 15.0 Å². The van der Waals surface area contributed by atoms with E-state index in [1.165, 1.54) is 4.80 Å². The van der Waals surface area contributed by atoms with Crippen molar-refractivity contribution in [3.8, 4) is 17.0 Å². The molecular weight excluding hydrogens is 438 g/mol. The maximum Gasteiger partial charge on any atom is 0.256 e. The van der Waals surface area contributed by atoms with E-state index in [0.717, 1.165) is 55.0 Å². The van der Waals surface area contributed by atoms with Crippen LogP contribution < -0.4 is 0 Å². The molecule has 1 aliphatic heterocycles. The Morgan fingerprint density at radius 1 is 1.03 bits per heavy atom. The van der Waals surface area contributed by atoms with Crippen LogP contribution in [-0.2, 0) is 6.42 Å². The molecule has 0 spiro atoms. The molecule has 1 saturated heterocycles. The number of para-hydroxylation sites is 1. The van der Waals surface area contributed by atoms with Gasteiger partial charge in [0.25, 0.3) is 5.91 Å². The number of piperidine rings is 1. The molecule has 0 saturated carbocycles. The van der Waals surface area contributed by atoms with Gasteiger partial charge in [0.15, 0.2) is 11.7 Å². The molecule has 2 aromatic heterocycles. The molecule has 2 atom stereocenters. The molecule has 1 fully saturated rings. The average molecular weight is 470 g/mol. The second-order valence-electron chi connectivity index (χ2n) is 9.21. The van der Waals surface area contributed by atoms with Crippen molar-refractivity contribution in [3.05, 3.63) is 84.1 Å². The zero-order valence-electron chi connectivity index (χ0n) is 20.3. The highest BCUT2D eigenvalue weighted by atomic mass is 16.4. The molecule has 0 N–H and O–H groups in total. The molecule has 2 aromatic carbocycles. The Morgan fingerprint density at radius 2 is 1.77 bits per heavy atom. The van der Waals surface area contributed by atoms with Crippen molar-refractivity contribution < 1.29 is 9.21 Å². The summed E-state index contributed by atoms with van der Waals surface area (Å²) in [4.78, 5) is 22.2. The van der Waals surface area contributed by atoms with Crippen LogP contribution in [0.25, 0.3) is 17.0 Å². The number of unbranched alkanes of at least 4 members (excludes halogenated alkanes) is 1. The lowest BCUT2D eigenvalue weighted by atomic mass is 9.92. The van der Waals surface area contributed by atoms with E-state index >= 15 is 0 Å².